The highest BCUT2D eigenvalue weighted by Crippen LogP contribution is 2.31. The Bertz CT molecular complexity index is 990. The molecule has 0 N–H and O–H groups in total. The number of rotatable bonds is 7. The van der Waals surface area contributed by atoms with Crippen LogP contribution in [0.5, 0.6) is 5.88 Å². The number of thiazole rings is 1. The number of hydrogen-bond acceptors (Lipinski definition) is 7. The molecule has 0 radical (unpaired) electrons. The predicted octanol–water partition coefficient (Wildman–Crippen LogP) is 4.12. The fourth-order valence-corrected chi connectivity index (χ4v) is 3.97. The minimum absolute atomic E-state index is 0.00928. The number of methoxy groups -OCH3 is 2. The standard InChI is InChI=1S/C19H20ClN3O3S/c1-10(25-3)16-13(8-22-19-17(16)23-11(2)27-19)7-15(24)6-12-5-14(20)9-21-18(12)26-4/h5,8-10H,6-7H2,1-4H3. The predicted molar refractivity (Wildman–Crippen MR) is 106 cm³/mol. The Labute approximate surface area is 166 Å². The number of carbonyl (C=O) groups is 1. The number of halogens is 1. The maximum atomic E-state index is 12.8. The van der Waals surface area contributed by atoms with Crippen molar-refractivity contribution < 1.29 is 14.3 Å². The van der Waals surface area contributed by atoms with Crippen molar-refractivity contribution in [1.29, 1.82) is 0 Å². The lowest BCUT2D eigenvalue weighted by Gasteiger charge is -2.15. The molecule has 3 aromatic heterocycles. The second kappa shape index (κ2) is 8.29. The zero-order valence-electron chi connectivity index (χ0n) is 15.6. The summed E-state index contributed by atoms with van der Waals surface area (Å²) in [6.45, 7) is 3.89. The Morgan fingerprint density at radius 2 is 1.96 bits per heavy atom. The first kappa shape index (κ1) is 19.7. The van der Waals surface area contributed by atoms with Gasteiger partial charge < -0.3 is 9.47 Å². The molecule has 1 atom stereocenters. The molecule has 6 nitrogen and oxygen atoms in total. The fourth-order valence-electron chi connectivity index (χ4n) is 3.02. The van der Waals surface area contributed by atoms with E-state index in [-0.39, 0.29) is 24.7 Å². The first-order chi connectivity index (χ1) is 12.9. The SMILES string of the molecule is COc1ncc(Cl)cc1CC(=O)Cc1cnc2sc(C)nc2c1C(C)OC. The second-order valence-corrected chi connectivity index (χ2v) is 7.79. The third kappa shape index (κ3) is 4.26. The van der Waals surface area contributed by atoms with E-state index < -0.39 is 0 Å². The summed E-state index contributed by atoms with van der Waals surface area (Å²) >= 11 is 7.54. The maximum absolute atomic E-state index is 12.8. The molecule has 0 aliphatic carbocycles. The van der Waals surface area contributed by atoms with Gasteiger partial charge in [-0.05, 0) is 25.5 Å². The van der Waals surface area contributed by atoms with Crippen LogP contribution in [0.25, 0.3) is 10.3 Å². The Balaban J connectivity index is 1.92. The molecular weight excluding hydrogens is 386 g/mol. The van der Waals surface area contributed by atoms with E-state index >= 15 is 0 Å². The van der Waals surface area contributed by atoms with Gasteiger partial charge in [-0.25, -0.2) is 15.0 Å². The van der Waals surface area contributed by atoms with Gasteiger partial charge in [0.25, 0.3) is 0 Å². The molecule has 0 amide bonds. The number of nitrogens with zero attached hydrogens (tertiary/aromatic N) is 3. The fraction of sp³-hybridized carbons (Fsp3) is 0.368. The van der Waals surface area contributed by atoms with Crippen molar-refractivity contribution in [3.63, 3.8) is 0 Å². The van der Waals surface area contributed by atoms with Crippen molar-refractivity contribution in [3.05, 3.63) is 45.2 Å². The molecule has 3 aromatic rings. The van der Waals surface area contributed by atoms with Crippen molar-refractivity contribution in [3.8, 4) is 5.88 Å². The average molecular weight is 406 g/mol. The van der Waals surface area contributed by atoms with Crippen LogP contribution in [0.3, 0.4) is 0 Å². The lowest BCUT2D eigenvalue weighted by atomic mass is 9.97. The highest BCUT2D eigenvalue weighted by Gasteiger charge is 2.20. The monoisotopic (exact) mass is 405 g/mol. The largest absolute Gasteiger partial charge is 0.481 e. The van der Waals surface area contributed by atoms with Crippen molar-refractivity contribution in [2.24, 2.45) is 0 Å². The Morgan fingerprint density at radius 1 is 1.22 bits per heavy atom. The van der Waals surface area contributed by atoms with E-state index in [0.717, 1.165) is 26.5 Å². The highest BCUT2D eigenvalue weighted by molar-refractivity contribution is 7.18. The number of aryl methyl sites for hydroxylation is 1. The molecule has 0 saturated heterocycles. The summed E-state index contributed by atoms with van der Waals surface area (Å²) in [7, 11) is 3.16. The summed E-state index contributed by atoms with van der Waals surface area (Å²) < 4.78 is 10.8. The van der Waals surface area contributed by atoms with Gasteiger partial charge in [-0.2, -0.15) is 0 Å². The number of aromatic nitrogens is 3. The van der Waals surface area contributed by atoms with E-state index in [9.17, 15) is 4.79 Å². The van der Waals surface area contributed by atoms with Gasteiger partial charge in [0.1, 0.15) is 16.1 Å². The molecule has 0 aliphatic rings. The summed E-state index contributed by atoms with van der Waals surface area (Å²) in [6, 6.07) is 1.70. The van der Waals surface area contributed by atoms with Crippen molar-refractivity contribution >= 4 is 39.1 Å². The normalized spacial score (nSPS) is 12.3. The minimum atomic E-state index is -0.192. The van der Waals surface area contributed by atoms with Crippen LogP contribution in [-0.2, 0) is 22.4 Å². The molecule has 3 rings (SSSR count). The van der Waals surface area contributed by atoms with Crippen LogP contribution in [0.4, 0.5) is 0 Å². The number of pyridine rings is 2. The number of hydrogen-bond donors (Lipinski definition) is 0. The number of ketones is 1. The maximum Gasteiger partial charge on any atom is 0.216 e. The highest BCUT2D eigenvalue weighted by atomic mass is 35.5. The molecule has 0 bridgehead atoms. The topological polar surface area (TPSA) is 74.2 Å². The van der Waals surface area contributed by atoms with Gasteiger partial charge in [-0.15, -0.1) is 0 Å². The molecule has 0 aromatic carbocycles. The Kier molecular flexibility index (Phi) is 6.04. The minimum Gasteiger partial charge on any atom is -0.481 e. The van der Waals surface area contributed by atoms with Crippen LogP contribution in [0.15, 0.2) is 18.5 Å². The van der Waals surface area contributed by atoms with E-state index in [2.05, 4.69) is 15.0 Å². The molecule has 0 aliphatic heterocycles. The van der Waals surface area contributed by atoms with Gasteiger partial charge >= 0.3 is 0 Å². The van der Waals surface area contributed by atoms with Gasteiger partial charge in [0.2, 0.25) is 5.88 Å². The van der Waals surface area contributed by atoms with Crippen LogP contribution >= 0.6 is 22.9 Å². The summed E-state index contributed by atoms with van der Waals surface area (Å²) in [5.41, 5.74) is 3.20. The van der Waals surface area contributed by atoms with Crippen LogP contribution < -0.4 is 4.74 Å². The number of ether oxygens (including phenoxy) is 2. The summed E-state index contributed by atoms with van der Waals surface area (Å²) in [5.74, 6) is 0.414. The van der Waals surface area contributed by atoms with Crippen LogP contribution in [0, 0.1) is 6.92 Å². The molecular formula is C19H20ClN3O3S. The first-order valence-electron chi connectivity index (χ1n) is 8.40. The third-order valence-corrected chi connectivity index (χ3v) is 5.36. The van der Waals surface area contributed by atoms with Gasteiger partial charge in [0.05, 0.1) is 23.2 Å². The molecule has 3 heterocycles. The quantitative estimate of drug-likeness (QED) is 0.588. The first-order valence-corrected chi connectivity index (χ1v) is 9.60. The summed E-state index contributed by atoms with van der Waals surface area (Å²) in [4.78, 5) is 26.8. The lowest BCUT2D eigenvalue weighted by Crippen LogP contribution is -2.12. The van der Waals surface area contributed by atoms with Gasteiger partial charge in [0, 0.05) is 43.5 Å². The zero-order valence-corrected chi connectivity index (χ0v) is 17.1. The molecule has 0 fully saturated rings. The van der Waals surface area contributed by atoms with Crippen molar-refractivity contribution in [2.45, 2.75) is 32.8 Å². The summed E-state index contributed by atoms with van der Waals surface area (Å²) in [6.07, 6.45) is 3.44. The molecule has 0 spiro atoms. The van der Waals surface area contributed by atoms with Gasteiger partial charge in [0.15, 0.2) is 0 Å². The second-order valence-electron chi connectivity index (χ2n) is 6.18. The lowest BCUT2D eigenvalue weighted by molar-refractivity contribution is -0.117. The number of Topliss-reactive ketones (excluding diaryl/α,β-unsaturated/α-hetero) is 1. The molecule has 1 unspecified atom stereocenters. The molecule has 0 saturated carbocycles. The van der Waals surface area contributed by atoms with Crippen LogP contribution in [-0.4, -0.2) is 35.0 Å². The summed E-state index contributed by atoms with van der Waals surface area (Å²) in [5, 5.41) is 1.40. The zero-order chi connectivity index (χ0) is 19.6. The van der Waals surface area contributed by atoms with E-state index in [1.54, 1.807) is 19.4 Å². The smallest absolute Gasteiger partial charge is 0.216 e. The van der Waals surface area contributed by atoms with E-state index in [0.29, 0.717) is 16.5 Å². The van der Waals surface area contributed by atoms with Crippen molar-refractivity contribution in [1.82, 2.24) is 15.0 Å². The van der Waals surface area contributed by atoms with Crippen molar-refractivity contribution in [2.75, 3.05) is 14.2 Å². The van der Waals surface area contributed by atoms with Crippen LogP contribution in [0.1, 0.15) is 34.7 Å². The van der Waals surface area contributed by atoms with Crippen LogP contribution in [0.2, 0.25) is 5.02 Å². The molecule has 27 heavy (non-hydrogen) atoms. The molecule has 8 heteroatoms. The van der Waals surface area contributed by atoms with E-state index in [4.69, 9.17) is 21.1 Å². The number of carbonyl (C=O) groups excluding carboxylic acids is 1. The third-order valence-electron chi connectivity index (χ3n) is 4.28. The van der Waals surface area contributed by atoms with E-state index in [1.807, 2.05) is 13.8 Å². The average Bonchev–Trinajstić information content (AvgIpc) is 3.01. The van der Waals surface area contributed by atoms with E-state index in [1.165, 1.54) is 24.6 Å². The number of fused-ring (bicyclic) bond motifs is 1. The molecule has 142 valence electrons. The van der Waals surface area contributed by atoms with Gasteiger partial charge in [-0.3, -0.25) is 4.79 Å². The van der Waals surface area contributed by atoms with Gasteiger partial charge in [-0.1, -0.05) is 22.9 Å². The Hall–Kier alpha value is -2.09. The Morgan fingerprint density at radius 3 is 2.67 bits per heavy atom.